The van der Waals surface area contributed by atoms with Crippen LogP contribution in [0.5, 0.6) is 0 Å². The number of benzene rings is 1. The van der Waals surface area contributed by atoms with Crippen molar-refractivity contribution >= 4 is 0 Å². The first kappa shape index (κ1) is 13.0. The van der Waals surface area contributed by atoms with Gasteiger partial charge in [0.25, 0.3) is 0 Å². The molecule has 1 aliphatic heterocycles. The van der Waals surface area contributed by atoms with E-state index in [-0.39, 0.29) is 36.3 Å². The Morgan fingerprint density at radius 1 is 1.37 bits per heavy atom. The molecule has 0 N–H and O–H groups in total. The monoisotopic (exact) mass is 266 g/mol. The zero-order valence-electron chi connectivity index (χ0n) is 11.3. The van der Waals surface area contributed by atoms with E-state index in [4.69, 9.17) is 14.2 Å². The summed E-state index contributed by atoms with van der Waals surface area (Å²) >= 11 is 0. The van der Waals surface area contributed by atoms with E-state index in [2.05, 4.69) is 6.92 Å². The summed E-state index contributed by atoms with van der Waals surface area (Å²) in [5.41, 5.74) is 0.378. The van der Waals surface area contributed by atoms with Crippen LogP contribution >= 0.6 is 0 Å². The van der Waals surface area contributed by atoms with Gasteiger partial charge >= 0.3 is 0 Å². The summed E-state index contributed by atoms with van der Waals surface area (Å²) in [5, 5.41) is 0. The van der Waals surface area contributed by atoms with E-state index >= 15 is 0 Å². The van der Waals surface area contributed by atoms with E-state index in [1.165, 1.54) is 6.07 Å². The summed E-state index contributed by atoms with van der Waals surface area (Å²) in [6.07, 6.45) is 2.09. The number of epoxide rings is 1. The number of hydrogen-bond acceptors (Lipinski definition) is 3. The second-order valence-electron chi connectivity index (χ2n) is 5.51. The van der Waals surface area contributed by atoms with E-state index in [1.54, 1.807) is 19.2 Å². The van der Waals surface area contributed by atoms with E-state index in [1.807, 2.05) is 6.07 Å². The first-order valence-corrected chi connectivity index (χ1v) is 6.69. The summed E-state index contributed by atoms with van der Waals surface area (Å²) in [4.78, 5) is 0. The lowest BCUT2D eigenvalue weighted by atomic mass is 9.86. The second-order valence-corrected chi connectivity index (χ2v) is 5.51. The Morgan fingerprint density at radius 3 is 2.89 bits per heavy atom. The normalized spacial score (nSPS) is 36.9. The highest BCUT2D eigenvalue weighted by molar-refractivity contribution is 5.17. The zero-order valence-corrected chi connectivity index (χ0v) is 11.3. The van der Waals surface area contributed by atoms with Crippen molar-refractivity contribution in [2.45, 2.75) is 50.3 Å². The fourth-order valence-corrected chi connectivity index (χ4v) is 2.88. The van der Waals surface area contributed by atoms with Crippen LogP contribution in [0, 0.1) is 5.82 Å². The van der Waals surface area contributed by atoms with E-state index in [9.17, 15) is 4.39 Å². The van der Waals surface area contributed by atoms with E-state index < -0.39 is 0 Å². The molecule has 4 atom stereocenters. The van der Waals surface area contributed by atoms with Crippen LogP contribution in [0.4, 0.5) is 4.39 Å². The molecule has 1 saturated heterocycles. The summed E-state index contributed by atoms with van der Waals surface area (Å²) in [6, 6.07) is 6.70. The minimum Gasteiger partial charge on any atom is -0.381 e. The van der Waals surface area contributed by atoms with Crippen LogP contribution in [0.2, 0.25) is 0 Å². The van der Waals surface area contributed by atoms with Crippen LogP contribution in [0.15, 0.2) is 24.3 Å². The van der Waals surface area contributed by atoms with Crippen molar-refractivity contribution in [3.63, 3.8) is 0 Å². The Labute approximate surface area is 112 Å². The Bertz CT molecular complexity index is 464. The van der Waals surface area contributed by atoms with Gasteiger partial charge in [-0.1, -0.05) is 18.2 Å². The summed E-state index contributed by atoms with van der Waals surface area (Å²) in [7, 11) is 1.71. The zero-order chi connectivity index (χ0) is 13.5. The molecule has 1 saturated carbocycles. The van der Waals surface area contributed by atoms with Crippen molar-refractivity contribution in [1.82, 2.24) is 0 Å². The van der Waals surface area contributed by atoms with Gasteiger partial charge in [-0.05, 0) is 13.0 Å². The second kappa shape index (κ2) is 4.85. The molecule has 0 bridgehead atoms. The summed E-state index contributed by atoms with van der Waals surface area (Å²) in [5.74, 6) is -0.222. The Morgan fingerprint density at radius 2 is 2.16 bits per heavy atom. The standard InChI is InChI=1S/C15H19FO3/c1-15-13(7-11(17-2)8-14(15)19-15)18-9-10-5-3-4-6-12(10)16/h3-6,11,13-14H,7-9H2,1-2H3. The summed E-state index contributed by atoms with van der Waals surface area (Å²) < 4.78 is 30.6. The van der Waals surface area contributed by atoms with Gasteiger partial charge in [-0.15, -0.1) is 0 Å². The molecular weight excluding hydrogens is 247 g/mol. The molecule has 2 aliphatic rings. The molecule has 1 aromatic carbocycles. The van der Waals surface area contributed by atoms with Crippen LogP contribution < -0.4 is 0 Å². The highest BCUT2D eigenvalue weighted by Gasteiger charge is 2.62. The maximum absolute atomic E-state index is 13.6. The van der Waals surface area contributed by atoms with Gasteiger partial charge in [-0.25, -0.2) is 4.39 Å². The number of rotatable bonds is 4. The Kier molecular flexibility index (Phi) is 3.33. The van der Waals surface area contributed by atoms with Crippen LogP contribution in [0.3, 0.4) is 0 Å². The Hall–Kier alpha value is -0.970. The lowest BCUT2D eigenvalue weighted by molar-refractivity contribution is -0.0525. The summed E-state index contributed by atoms with van der Waals surface area (Å²) in [6.45, 7) is 2.34. The molecule has 4 heteroatoms. The van der Waals surface area contributed by atoms with E-state index in [0.717, 1.165) is 12.8 Å². The van der Waals surface area contributed by atoms with Gasteiger partial charge in [0.1, 0.15) is 11.4 Å². The number of fused-ring (bicyclic) bond motifs is 1. The van der Waals surface area contributed by atoms with E-state index in [0.29, 0.717) is 5.56 Å². The third-order valence-electron chi connectivity index (χ3n) is 4.30. The first-order chi connectivity index (χ1) is 9.13. The molecule has 0 amide bonds. The van der Waals surface area contributed by atoms with Crippen molar-refractivity contribution in [2.24, 2.45) is 0 Å². The topological polar surface area (TPSA) is 31.0 Å². The Balaban J connectivity index is 1.64. The molecule has 3 rings (SSSR count). The predicted octanol–water partition coefficient (Wildman–Crippen LogP) is 2.68. The van der Waals surface area contributed by atoms with Crippen LogP contribution in [-0.4, -0.2) is 31.0 Å². The third-order valence-corrected chi connectivity index (χ3v) is 4.30. The number of ether oxygens (including phenoxy) is 3. The van der Waals surface area contributed by atoms with Crippen molar-refractivity contribution in [3.05, 3.63) is 35.6 Å². The molecule has 0 radical (unpaired) electrons. The largest absolute Gasteiger partial charge is 0.381 e. The minimum absolute atomic E-state index is 0.0317. The van der Waals surface area contributed by atoms with Crippen LogP contribution in [0.25, 0.3) is 0 Å². The van der Waals surface area contributed by atoms with Gasteiger partial charge in [-0.3, -0.25) is 0 Å². The SMILES string of the molecule is COC1CC(OCc2ccccc2F)C2(C)OC2C1. The third kappa shape index (κ3) is 2.40. The molecule has 1 heterocycles. The molecular formula is C15H19FO3. The highest BCUT2D eigenvalue weighted by atomic mass is 19.1. The molecule has 1 aromatic rings. The maximum atomic E-state index is 13.6. The fraction of sp³-hybridized carbons (Fsp3) is 0.600. The van der Waals surface area contributed by atoms with Crippen molar-refractivity contribution in [3.8, 4) is 0 Å². The van der Waals surface area contributed by atoms with Crippen LogP contribution in [-0.2, 0) is 20.8 Å². The number of hydrogen-bond donors (Lipinski definition) is 0. The van der Waals surface area contributed by atoms with Gasteiger partial charge in [0, 0.05) is 25.5 Å². The van der Waals surface area contributed by atoms with Gasteiger partial charge < -0.3 is 14.2 Å². The molecule has 2 fully saturated rings. The first-order valence-electron chi connectivity index (χ1n) is 6.69. The lowest BCUT2D eigenvalue weighted by Crippen LogP contribution is -2.41. The molecule has 3 nitrogen and oxygen atoms in total. The number of halogens is 1. The van der Waals surface area contributed by atoms with Crippen LogP contribution in [0.1, 0.15) is 25.3 Å². The minimum atomic E-state index is -0.222. The molecule has 4 unspecified atom stereocenters. The quantitative estimate of drug-likeness (QED) is 0.785. The predicted molar refractivity (Wildman–Crippen MR) is 68.3 cm³/mol. The molecule has 104 valence electrons. The lowest BCUT2D eigenvalue weighted by Gasteiger charge is -2.30. The highest BCUT2D eigenvalue weighted by Crippen LogP contribution is 2.49. The van der Waals surface area contributed by atoms with Gasteiger partial charge in [-0.2, -0.15) is 0 Å². The molecule has 0 spiro atoms. The van der Waals surface area contributed by atoms with Crippen molar-refractivity contribution in [1.29, 1.82) is 0 Å². The average Bonchev–Trinajstić information content (AvgIpc) is 3.08. The molecule has 1 aliphatic carbocycles. The van der Waals surface area contributed by atoms with Gasteiger partial charge in [0.15, 0.2) is 0 Å². The van der Waals surface area contributed by atoms with Gasteiger partial charge in [0.05, 0.1) is 24.9 Å². The molecule has 0 aromatic heterocycles. The average molecular weight is 266 g/mol. The number of methoxy groups -OCH3 is 1. The van der Waals surface area contributed by atoms with Gasteiger partial charge in [0.2, 0.25) is 0 Å². The van der Waals surface area contributed by atoms with Crippen molar-refractivity contribution in [2.75, 3.05) is 7.11 Å². The smallest absolute Gasteiger partial charge is 0.128 e. The van der Waals surface area contributed by atoms with Crippen molar-refractivity contribution < 1.29 is 18.6 Å². The fourth-order valence-electron chi connectivity index (χ4n) is 2.88. The molecule has 19 heavy (non-hydrogen) atoms. The maximum Gasteiger partial charge on any atom is 0.128 e.